The van der Waals surface area contributed by atoms with E-state index in [-0.39, 0.29) is 23.3 Å². The maximum Gasteiger partial charge on any atom is 0.273 e. The molecule has 1 N–H and O–H groups in total. The second kappa shape index (κ2) is 7.22. The average molecular weight is 411 g/mol. The van der Waals surface area contributed by atoms with Crippen LogP contribution in [0.25, 0.3) is 0 Å². The minimum Gasteiger partial charge on any atom is -0.350 e. The minimum absolute atomic E-state index is 0.0159. The number of benzene rings is 1. The normalized spacial score (nSPS) is 26.0. The number of carbonyl (C=O) groups is 2. The number of nitrogens with one attached hydrogen (secondary N) is 1. The number of fused-ring (bicyclic) bond motifs is 2. The Morgan fingerprint density at radius 1 is 1.24 bits per heavy atom. The molecule has 1 spiro atoms. The summed E-state index contributed by atoms with van der Waals surface area (Å²) in [7, 11) is 0. The molecule has 2 aromatic rings. The van der Waals surface area contributed by atoms with Gasteiger partial charge >= 0.3 is 0 Å². The standard InChI is InChI=1S/C22H26N4O2S/c1-15-23-19(14-29-15)21(28)26-9-7-22(8-10-26)18-13-25(12-17(18)20(27)24-22)11-16-5-3-2-4-6-16/h2-6,14,17-18H,7-13H2,1H3,(H,24,27)/t17-,18+/m1/s1. The third kappa shape index (κ3) is 3.36. The topological polar surface area (TPSA) is 65.5 Å². The Morgan fingerprint density at radius 3 is 2.69 bits per heavy atom. The molecule has 2 atom stereocenters. The molecule has 3 aliphatic rings. The van der Waals surface area contributed by atoms with Gasteiger partial charge in [-0.2, -0.15) is 0 Å². The van der Waals surface area contributed by atoms with Gasteiger partial charge in [-0.3, -0.25) is 14.5 Å². The molecular formula is C22H26N4O2S. The monoisotopic (exact) mass is 410 g/mol. The summed E-state index contributed by atoms with van der Waals surface area (Å²) < 4.78 is 0. The van der Waals surface area contributed by atoms with Crippen LogP contribution in [-0.4, -0.2) is 58.3 Å². The van der Waals surface area contributed by atoms with Crippen LogP contribution < -0.4 is 5.32 Å². The van der Waals surface area contributed by atoms with E-state index in [1.54, 1.807) is 0 Å². The van der Waals surface area contributed by atoms with E-state index in [4.69, 9.17) is 0 Å². The van der Waals surface area contributed by atoms with Crippen molar-refractivity contribution < 1.29 is 9.59 Å². The molecule has 0 bridgehead atoms. The minimum atomic E-state index is -0.165. The van der Waals surface area contributed by atoms with Gasteiger partial charge in [-0.05, 0) is 25.3 Å². The van der Waals surface area contributed by atoms with Gasteiger partial charge in [-0.15, -0.1) is 11.3 Å². The number of carbonyl (C=O) groups excluding carboxylic acids is 2. The summed E-state index contributed by atoms with van der Waals surface area (Å²) in [5, 5.41) is 6.10. The first-order chi connectivity index (χ1) is 14.0. The van der Waals surface area contributed by atoms with Crippen LogP contribution in [0.4, 0.5) is 0 Å². The summed E-state index contributed by atoms with van der Waals surface area (Å²) in [6.45, 7) is 5.94. The molecule has 1 aromatic heterocycles. The molecule has 0 saturated carbocycles. The lowest BCUT2D eigenvalue weighted by molar-refractivity contribution is -0.123. The second-order valence-corrected chi connectivity index (χ2v) is 9.64. The lowest BCUT2D eigenvalue weighted by atomic mass is 9.75. The van der Waals surface area contributed by atoms with Gasteiger partial charge in [-0.1, -0.05) is 30.3 Å². The number of thiazole rings is 1. The maximum atomic E-state index is 12.7. The SMILES string of the molecule is Cc1nc(C(=O)N2CCC3(CC2)NC(=O)[C@@H]2CN(Cc4ccccc4)C[C@@H]23)cs1. The molecular weight excluding hydrogens is 384 g/mol. The number of piperidine rings is 1. The van der Waals surface area contributed by atoms with Crippen LogP contribution in [0.5, 0.6) is 0 Å². The zero-order valence-electron chi connectivity index (χ0n) is 16.6. The van der Waals surface area contributed by atoms with Crippen molar-refractivity contribution in [1.29, 1.82) is 0 Å². The molecule has 3 fully saturated rings. The number of hydrogen-bond acceptors (Lipinski definition) is 5. The first-order valence-electron chi connectivity index (χ1n) is 10.3. The Bertz CT molecular complexity index is 920. The molecule has 5 rings (SSSR count). The van der Waals surface area contributed by atoms with E-state index < -0.39 is 0 Å². The van der Waals surface area contributed by atoms with E-state index in [1.165, 1.54) is 16.9 Å². The summed E-state index contributed by atoms with van der Waals surface area (Å²) in [6.07, 6.45) is 1.65. The highest BCUT2D eigenvalue weighted by atomic mass is 32.1. The van der Waals surface area contributed by atoms with Gasteiger partial charge in [-0.25, -0.2) is 4.98 Å². The number of rotatable bonds is 3. The van der Waals surface area contributed by atoms with Crippen molar-refractivity contribution in [3.05, 3.63) is 52.0 Å². The van der Waals surface area contributed by atoms with Gasteiger partial charge in [0.1, 0.15) is 5.69 Å². The number of aromatic nitrogens is 1. The Kier molecular flexibility index (Phi) is 4.67. The van der Waals surface area contributed by atoms with E-state index >= 15 is 0 Å². The van der Waals surface area contributed by atoms with Gasteiger partial charge in [0.2, 0.25) is 5.91 Å². The lowest BCUT2D eigenvalue weighted by Gasteiger charge is -2.42. The first kappa shape index (κ1) is 18.8. The number of likely N-dealkylation sites (tertiary alicyclic amines) is 2. The summed E-state index contributed by atoms with van der Waals surface area (Å²) in [6, 6.07) is 10.5. The Balaban J connectivity index is 1.26. The lowest BCUT2D eigenvalue weighted by Crippen LogP contribution is -2.56. The molecule has 3 saturated heterocycles. The highest BCUT2D eigenvalue weighted by Crippen LogP contribution is 2.44. The number of aryl methyl sites for hydroxylation is 1. The van der Waals surface area contributed by atoms with Gasteiger partial charge < -0.3 is 10.2 Å². The van der Waals surface area contributed by atoms with Crippen molar-refractivity contribution >= 4 is 23.2 Å². The van der Waals surface area contributed by atoms with Crippen LogP contribution in [0, 0.1) is 18.8 Å². The molecule has 4 heterocycles. The largest absolute Gasteiger partial charge is 0.350 e. The van der Waals surface area contributed by atoms with Crippen LogP contribution in [-0.2, 0) is 11.3 Å². The van der Waals surface area contributed by atoms with Crippen molar-refractivity contribution in [2.24, 2.45) is 11.8 Å². The molecule has 2 amide bonds. The molecule has 6 nitrogen and oxygen atoms in total. The van der Waals surface area contributed by atoms with Crippen molar-refractivity contribution in [1.82, 2.24) is 20.1 Å². The van der Waals surface area contributed by atoms with Crippen molar-refractivity contribution in [2.75, 3.05) is 26.2 Å². The molecule has 3 aliphatic heterocycles. The average Bonchev–Trinajstić information content (AvgIpc) is 3.40. The fourth-order valence-corrected chi connectivity index (χ4v) is 5.93. The summed E-state index contributed by atoms with van der Waals surface area (Å²) in [5.41, 5.74) is 1.68. The van der Waals surface area contributed by atoms with Crippen molar-refractivity contribution in [2.45, 2.75) is 31.8 Å². The smallest absolute Gasteiger partial charge is 0.273 e. The van der Waals surface area contributed by atoms with E-state index in [0.29, 0.717) is 24.7 Å². The van der Waals surface area contributed by atoms with Crippen LogP contribution in [0.1, 0.15) is 33.9 Å². The van der Waals surface area contributed by atoms with Gasteiger partial charge in [0.05, 0.1) is 10.9 Å². The third-order valence-electron chi connectivity index (χ3n) is 6.84. The molecule has 0 aliphatic carbocycles. The number of hydrogen-bond donors (Lipinski definition) is 1. The fraction of sp³-hybridized carbons (Fsp3) is 0.500. The zero-order valence-corrected chi connectivity index (χ0v) is 17.5. The molecule has 1 aromatic carbocycles. The van der Waals surface area contributed by atoms with Crippen LogP contribution in [0.2, 0.25) is 0 Å². The van der Waals surface area contributed by atoms with Gasteiger partial charge in [0.25, 0.3) is 5.91 Å². The molecule has 0 radical (unpaired) electrons. The third-order valence-corrected chi connectivity index (χ3v) is 7.62. The van der Waals surface area contributed by atoms with E-state index in [1.807, 2.05) is 23.3 Å². The van der Waals surface area contributed by atoms with Crippen LogP contribution in [0.15, 0.2) is 35.7 Å². The zero-order chi connectivity index (χ0) is 20.0. The predicted molar refractivity (Wildman–Crippen MR) is 112 cm³/mol. The summed E-state index contributed by atoms with van der Waals surface area (Å²) in [4.78, 5) is 34.1. The van der Waals surface area contributed by atoms with E-state index in [9.17, 15) is 9.59 Å². The Morgan fingerprint density at radius 2 is 2.00 bits per heavy atom. The molecule has 29 heavy (non-hydrogen) atoms. The van der Waals surface area contributed by atoms with E-state index in [2.05, 4.69) is 39.5 Å². The Labute approximate surface area is 174 Å². The highest BCUT2D eigenvalue weighted by Gasteiger charge is 2.57. The molecule has 7 heteroatoms. The summed E-state index contributed by atoms with van der Waals surface area (Å²) >= 11 is 1.51. The maximum absolute atomic E-state index is 12.7. The van der Waals surface area contributed by atoms with Crippen molar-refractivity contribution in [3.63, 3.8) is 0 Å². The fourth-order valence-electron chi connectivity index (χ4n) is 5.34. The van der Waals surface area contributed by atoms with E-state index in [0.717, 1.165) is 37.5 Å². The first-order valence-corrected chi connectivity index (χ1v) is 11.2. The quantitative estimate of drug-likeness (QED) is 0.843. The van der Waals surface area contributed by atoms with Gasteiger partial charge in [0.15, 0.2) is 0 Å². The van der Waals surface area contributed by atoms with Crippen molar-refractivity contribution in [3.8, 4) is 0 Å². The van der Waals surface area contributed by atoms with Gasteiger partial charge in [0, 0.05) is 49.6 Å². The predicted octanol–water partition coefficient (Wildman–Crippen LogP) is 2.30. The highest BCUT2D eigenvalue weighted by molar-refractivity contribution is 7.09. The van der Waals surface area contributed by atoms with Crippen LogP contribution >= 0.6 is 11.3 Å². The number of nitrogens with zero attached hydrogens (tertiary/aromatic N) is 3. The number of amides is 2. The molecule has 152 valence electrons. The van der Waals surface area contributed by atoms with Crippen LogP contribution in [0.3, 0.4) is 0 Å². The molecule has 0 unspecified atom stereocenters. The Hall–Kier alpha value is -2.25. The summed E-state index contributed by atoms with van der Waals surface area (Å²) in [5.74, 6) is 0.613. The second-order valence-electron chi connectivity index (χ2n) is 8.58.